The van der Waals surface area contributed by atoms with E-state index < -0.39 is 0 Å². The van der Waals surface area contributed by atoms with Crippen molar-refractivity contribution in [3.05, 3.63) is 70.3 Å². The average molecular weight is 371 g/mol. The van der Waals surface area contributed by atoms with Crippen LogP contribution in [0.15, 0.2) is 54.7 Å². The molecule has 0 fully saturated rings. The van der Waals surface area contributed by atoms with E-state index in [1.165, 1.54) is 11.3 Å². The van der Waals surface area contributed by atoms with E-state index in [9.17, 15) is 0 Å². The molecule has 0 radical (unpaired) electrons. The van der Waals surface area contributed by atoms with Gasteiger partial charge in [-0.3, -0.25) is 0 Å². The molecule has 6 heteroatoms. The van der Waals surface area contributed by atoms with Gasteiger partial charge in [0.05, 0.1) is 0 Å². The van der Waals surface area contributed by atoms with Gasteiger partial charge in [-0.2, -0.15) is 4.98 Å². The molecule has 4 rings (SSSR count). The van der Waals surface area contributed by atoms with Crippen LogP contribution in [0.3, 0.4) is 0 Å². The van der Waals surface area contributed by atoms with Crippen molar-refractivity contribution in [2.75, 3.05) is 10.2 Å². The van der Waals surface area contributed by atoms with E-state index in [4.69, 9.17) is 23.2 Å². The van der Waals surface area contributed by atoms with Crippen molar-refractivity contribution in [2.24, 2.45) is 0 Å². The van der Waals surface area contributed by atoms with Gasteiger partial charge >= 0.3 is 0 Å². The van der Waals surface area contributed by atoms with Crippen LogP contribution < -0.4 is 10.2 Å². The summed E-state index contributed by atoms with van der Waals surface area (Å²) in [5.74, 6) is 1.37. The number of hydrogen-bond donors (Lipinski definition) is 1. The van der Waals surface area contributed by atoms with E-state index in [0.29, 0.717) is 22.0 Å². The normalized spacial score (nSPS) is 16.0. The maximum absolute atomic E-state index is 6.05. The predicted molar refractivity (Wildman–Crippen MR) is 104 cm³/mol. The molecule has 2 aromatic carbocycles. The molecule has 0 saturated heterocycles. The first kappa shape index (κ1) is 16.2. The summed E-state index contributed by atoms with van der Waals surface area (Å²) in [7, 11) is 0. The van der Waals surface area contributed by atoms with Gasteiger partial charge in [0.1, 0.15) is 5.82 Å². The standard InChI is InChI=1S/C19H16Cl2N4/c1-12-8-13-4-2-3-5-17(13)25(12)18-6-7-22-19(24-18)23-16-10-14(20)9-15(21)11-16/h2-7,9-12H,8H2,1H3,(H,22,23,24). The monoisotopic (exact) mass is 370 g/mol. The number of fused-ring (bicyclic) bond motifs is 1. The molecule has 0 aliphatic carbocycles. The van der Waals surface area contributed by atoms with Gasteiger partial charge in [0.2, 0.25) is 5.95 Å². The fourth-order valence-electron chi connectivity index (χ4n) is 3.21. The molecule has 0 saturated carbocycles. The summed E-state index contributed by atoms with van der Waals surface area (Å²) >= 11 is 12.1. The molecule has 0 bridgehead atoms. The third-order valence-electron chi connectivity index (χ3n) is 4.21. The zero-order valence-corrected chi connectivity index (χ0v) is 15.1. The minimum atomic E-state index is 0.348. The first-order valence-corrected chi connectivity index (χ1v) is 8.79. The molecule has 1 N–H and O–H groups in total. The molecule has 0 spiro atoms. The maximum Gasteiger partial charge on any atom is 0.229 e. The third kappa shape index (κ3) is 3.28. The Bertz CT molecular complexity index is 909. The number of para-hydroxylation sites is 1. The molecule has 0 amide bonds. The van der Waals surface area contributed by atoms with Crippen molar-refractivity contribution in [1.29, 1.82) is 0 Å². The lowest BCUT2D eigenvalue weighted by molar-refractivity contribution is 0.749. The van der Waals surface area contributed by atoms with Crippen molar-refractivity contribution < 1.29 is 0 Å². The van der Waals surface area contributed by atoms with Crippen LogP contribution in [0, 0.1) is 0 Å². The fraction of sp³-hybridized carbons (Fsp3) is 0.158. The number of halogens is 2. The first-order valence-electron chi connectivity index (χ1n) is 8.03. The quantitative estimate of drug-likeness (QED) is 0.650. The van der Waals surface area contributed by atoms with Crippen LogP contribution in [0.2, 0.25) is 10.0 Å². The molecule has 2 heterocycles. The SMILES string of the molecule is CC1Cc2ccccc2N1c1ccnc(Nc2cc(Cl)cc(Cl)c2)n1. The summed E-state index contributed by atoms with van der Waals surface area (Å²) in [6.07, 6.45) is 2.76. The van der Waals surface area contributed by atoms with E-state index in [1.54, 1.807) is 24.4 Å². The summed E-state index contributed by atoms with van der Waals surface area (Å²) in [5.41, 5.74) is 3.29. The second-order valence-electron chi connectivity index (χ2n) is 6.07. The number of rotatable bonds is 3. The van der Waals surface area contributed by atoms with Crippen LogP contribution in [0.5, 0.6) is 0 Å². The Labute approximate surface area is 156 Å². The second kappa shape index (κ2) is 6.54. The third-order valence-corrected chi connectivity index (χ3v) is 4.65. The molecule has 1 aliphatic rings. The number of benzene rings is 2. The Morgan fingerprint density at radius 3 is 2.64 bits per heavy atom. The molecule has 1 atom stereocenters. The van der Waals surface area contributed by atoms with Crippen LogP contribution in [-0.2, 0) is 6.42 Å². The Morgan fingerprint density at radius 2 is 1.84 bits per heavy atom. The van der Waals surface area contributed by atoms with Crippen molar-refractivity contribution >= 4 is 46.3 Å². The molecular weight excluding hydrogens is 355 g/mol. The Morgan fingerprint density at radius 1 is 1.08 bits per heavy atom. The molecule has 1 unspecified atom stereocenters. The highest BCUT2D eigenvalue weighted by Gasteiger charge is 2.27. The van der Waals surface area contributed by atoms with Crippen LogP contribution in [0.4, 0.5) is 23.1 Å². The number of hydrogen-bond acceptors (Lipinski definition) is 4. The molecule has 126 valence electrons. The highest BCUT2D eigenvalue weighted by Crippen LogP contribution is 2.37. The van der Waals surface area contributed by atoms with Crippen molar-refractivity contribution in [2.45, 2.75) is 19.4 Å². The van der Waals surface area contributed by atoms with E-state index in [-0.39, 0.29) is 0 Å². The molecule has 1 aliphatic heterocycles. The second-order valence-corrected chi connectivity index (χ2v) is 6.95. The summed E-state index contributed by atoms with van der Waals surface area (Å²) in [5, 5.41) is 4.30. The van der Waals surface area contributed by atoms with Crippen LogP contribution in [0.25, 0.3) is 0 Å². The summed E-state index contributed by atoms with van der Waals surface area (Å²) in [6.45, 7) is 2.20. The Hall–Kier alpha value is -2.30. The average Bonchev–Trinajstić information content (AvgIpc) is 2.90. The van der Waals surface area contributed by atoms with E-state index in [2.05, 4.69) is 51.4 Å². The van der Waals surface area contributed by atoms with Gasteiger partial charge in [-0.25, -0.2) is 4.98 Å². The van der Waals surface area contributed by atoms with Gasteiger partial charge in [-0.15, -0.1) is 0 Å². The molecular formula is C19H16Cl2N4. The summed E-state index contributed by atoms with van der Waals surface area (Å²) < 4.78 is 0. The Balaban J connectivity index is 1.66. The van der Waals surface area contributed by atoms with Gasteiger partial charge in [0, 0.05) is 33.7 Å². The van der Waals surface area contributed by atoms with E-state index in [1.807, 2.05) is 6.07 Å². The fourth-order valence-corrected chi connectivity index (χ4v) is 3.74. The van der Waals surface area contributed by atoms with Gasteiger partial charge < -0.3 is 10.2 Å². The lowest BCUT2D eigenvalue weighted by atomic mass is 10.1. The predicted octanol–water partition coefficient (Wildman–Crippen LogP) is 5.61. The van der Waals surface area contributed by atoms with Gasteiger partial charge in [0.15, 0.2) is 0 Å². The van der Waals surface area contributed by atoms with E-state index in [0.717, 1.165) is 17.9 Å². The van der Waals surface area contributed by atoms with Crippen LogP contribution in [0.1, 0.15) is 12.5 Å². The smallest absolute Gasteiger partial charge is 0.229 e. The number of nitrogens with one attached hydrogen (secondary N) is 1. The van der Waals surface area contributed by atoms with Crippen molar-refractivity contribution in [3.63, 3.8) is 0 Å². The van der Waals surface area contributed by atoms with Gasteiger partial charge in [-0.1, -0.05) is 41.4 Å². The van der Waals surface area contributed by atoms with Crippen LogP contribution >= 0.6 is 23.2 Å². The van der Waals surface area contributed by atoms with Crippen molar-refractivity contribution in [1.82, 2.24) is 9.97 Å². The highest BCUT2D eigenvalue weighted by atomic mass is 35.5. The molecule has 1 aromatic heterocycles. The minimum Gasteiger partial charge on any atom is -0.324 e. The summed E-state index contributed by atoms with van der Waals surface area (Å²) in [4.78, 5) is 11.2. The lowest BCUT2D eigenvalue weighted by Crippen LogP contribution is -2.25. The summed E-state index contributed by atoms with van der Waals surface area (Å²) in [6, 6.07) is 16.0. The molecule has 25 heavy (non-hydrogen) atoms. The Kier molecular flexibility index (Phi) is 4.24. The number of anilines is 4. The number of aromatic nitrogens is 2. The number of nitrogens with zero attached hydrogens (tertiary/aromatic N) is 3. The minimum absolute atomic E-state index is 0.348. The van der Waals surface area contributed by atoms with Gasteiger partial charge in [-0.05, 0) is 49.2 Å². The zero-order chi connectivity index (χ0) is 17.4. The molecule has 4 nitrogen and oxygen atoms in total. The van der Waals surface area contributed by atoms with Crippen LogP contribution in [-0.4, -0.2) is 16.0 Å². The topological polar surface area (TPSA) is 41.1 Å². The maximum atomic E-state index is 6.05. The highest BCUT2D eigenvalue weighted by molar-refractivity contribution is 6.35. The first-order chi connectivity index (χ1) is 12.1. The van der Waals surface area contributed by atoms with E-state index >= 15 is 0 Å². The van der Waals surface area contributed by atoms with Crippen molar-refractivity contribution in [3.8, 4) is 0 Å². The van der Waals surface area contributed by atoms with Gasteiger partial charge in [0.25, 0.3) is 0 Å². The zero-order valence-electron chi connectivity index (χ0n) is 13.6. The molecule has 3 aromatic rings. The largest absolute Gasteiger partial charge is 0.324 e. The lowest BCUT2D eigenvalue weighted by Gasteiger charge is -2.24.